The first-order valence-electron chi connectivity index (χ1n) is 3.76. The quantitative estimate of drug-likeness (QED) is 0.392. The van der Waals surface area contributed by atoms with E-state index in [1.54, 1.807) is 0 Å². The number of carbonyl (C=O) groups is 3. The minimum Gasteiger partial charge on any atom is -0.479 e. The average molecular weight is 222 g/mol. The maximum atomic E-state index is 10.6. The zero-order valence-electron chi connectivity index (χ0n) is 7.71. The third-order valence-corrected chi connectivity index (χ3v) is 1.64. The molecule has 0 saturated carbocycles. The van der Waals surface area contributed by atoms with Gasteiger partial charge in [-0.25, -0.2) is 14.4 Å². The van der Waals surface area contributed by atoms with Crippen LogP contribution in [0.2, 0.25) is 0 Å². The fourth-order valence-corrected chi connectivity index (χ4v) is 0.717. The van der Waals surface area contributed by atoms with Crippen molar-refractivity contribution in [1.82, 2.24) is 0 Å². The molecule has 0 rings (SSSR count). The number of aliphatic hydroxyl groups is 1. The Morgan fingerprint density at radius 2 is 1.60 bits per heavy atom. The second-order valence-electron chi connectivity index (χ2n) is 2.69. The van der Waals surface area contributed by atoms with Gasteiger partial charge in [-0.2, -0.15) is 0 Å². The van der Waals surface area contributed by atoms with E-state index in [0.29, 0.717) is 0 Å². The summed E-state index contributed by atoms with van der Waals surface area (Å²) in [7, 11) is 0. The Hall–Kier alpha value is -1.67. The van der Waals surface area contributed by atoms with E-state index < -0.39 is 36.2 Å². The molecule has 0 amide bonds. The number of aliphatic carboxylic acids is 3. The number of carboxylic acid groups (broad SMARTS) is 3. The van der Waals surface area contributed by atoms with Crippen molar-refractivity contribution in [3.8, 4) is 0 Å². The Morgan fingerprint density at radius 1 is 1.20 bits per heavy atom. The Labute approximate surface area is 83.7 Å². The van der Waals surface area contributed by atoms with E-state index in [1.807, 2.05) is 0 Å². The summed E-state index contributed by atoms with van der Waals surface area (Å²) < 4.78 is 4.32. The van der Waals surface area contributed by atoms with E-state index in [2.05, 4.69) is 4.74 Å². The van der Waals surface area contributed by atoms with Crippen LogP contribution in [0.5, 0.6) is 0 Å². The Balaban J connectivity index is 5.03. The summed E-state index contributed by atoms with van der Waals surface area (Å²) in [4.78, 5) is 31.5. The molecule has 8 heteroatoms. The predicted octanol–water partition coefficient (Wildman–Crippen LogP) is -1.62. The lowest BCUT2D eigenvalue weighted by atomic mass is 10.1. The van der Waals surface area contributed by atoms with Gasteiger partial charge in [0.15, 0.2) is 6.10 Å². The molecule has 1 atom stereocenters. The maximum absolute atomic E-state index is 10.6. The second-order valence-corrected chi connectivity index (χ2v) is 2.69. The van der Waals surface area contributed by atoms with Gasteiger partial charge in [0.2, 0.25) is 0 Å². The van der Waals surface area contributed by atoms with Gasteiger partial charge < -0.3 is 25.2 Å². The molecular formula is C7H10O8. The molecule has 1 unspecified atom stereocenters. The van der Waals surface area contributed by atoms with Gasteiger partial charge in [-0.05, 0) is 6.92 Å². The zero-order chi connectivity index (χ0) is 12.2. The zero-order valence-corrected chi connectivity index (χ0v) is 7.71. The van der Waals surface area contributed by atoms with Gasteiger partial charge in [0.1, 0.15) is 0 Å². The summed E-state index contributed by atoms with van der Waals surface area (Å²) in [6, 6.07) is 0. The van der Waals surface area contributed by atoms with Crippen molar-refractivity contribution in [2.45, 2.75) is 18.6 Å². The van der Waals surface area contributed by atoms with Crippen molar-refractivity contribution in [2.24, 2.45) is 0 Å². The fraction of sp³-hybridized carbons (Fsp3) is 0.571. The van der Waals surface area contributed by atoms with E-state index in [9.17, 15) is 14.4 Å². The van der Waals surface area contributed by atoms with Gasteiger partial charge in [0, 0.05) is 0 Å². The van der Waals surface area contributed by atoms with Crippen LogP contribution in [0, 0.1) is 0 Å². The molecule has 0 aliphatic rings. The smallest absolute Gasteiger partial charge is 0.350 e. The largest absolute Gasteiger partial charge is 0.479 e. The topological polar surface area (TPSA) is 141 Å². The van der Waals surface area contributed by atoms with Crippen LogP contribution in [-0.4, -0.2) is 56.6 Å². The van der Waals surface area contributed by atoms with E-state index in [-0.39, 0.29) is 0 Å². The molecule has 15 heavy (non-hydrogen) atoms. The summed E-state index contributed by atoms with van der Waals surface area (Å²) in [6.45, 7) is -0.409. The first-order valence-corrected chi connectivity index (χ1v) is 3.76. The minimum absolute atomic E-state index is 0.957. The van der Waals surface area contributed by atoms with Crippen LogP contribution in [0.1, 0.15) is 6.92 Å². The van der Waals surface area contributed by atoms with Crippen molar-refractivity contribution in [2.75, 3.05) is 6.61 Å². The number of hydrogen-bond donors (Lipinski definition) is 4. The average Bonchev–Trinajstić information content (AvgIpc) is 2.12. The van der Waals surface area contributed by atoms with E-state index >= 15 is 0 Å². The van der Waals surface area contributed by atoms with Crippen molar-refractivity contribution in [3.63, 3.8) is 0 Å². The summed E-state index contributed by atoms with van der Waals surface area (Å²) in [6.07, 6.45) is -1.66. The van der Waals surface area contributed by atoms with Crippen LogP contribution < -0.4 is 0 Å². The molecule has 4 N–H and O–H groups in total. The molecule has 86 valence electrons. The molecule has 0 aliphatic carbocycles. The molecule has 0 aliphatic heterocycles. The van der Waals surface area contributed by atoms with Crippen LogP contribution in [0.15, 0.2) is 0 Å². The highest BCUT2D eigenvalue weighted by Crippen LogP contribution is 2.14. The Morgan fingerprint density at radius 3 is 1.80 bits per heavy atom. The highest BCUT2D eigenvalue weighted by Gasteiger charge is 2.50. The molecule has 0 aromatic rings. The normalized spacial score (nSPS) is 13.2. The SMILES string of the molecule is CC(OC(CO)(C(=O)O)C(=O)O)C(=O)O. The molecule has 0 radical (unpaired) electrons. The first-order chi connectivity index (χ1) is 6.77. The van der Waals surface area contributed by atoms with Crippen LogP contribution in [0.3, 0.4) is 0 Å². The van der Waals surface area contributed by atoms with Crippen molar-refractivity contribution in [3.05, 3.63) is 0 Å². The molecule has 8 nitrogen and oxygen atoms in total. The van der Waals surface area contributed by atoms with Gasteiger partial charge in [-0.1, -0.05) is 0 Å². The number of carboxylic acids is 3. The number of rotatable bonds is 6. The van der Waals surface area contributed by atoms with Crippen LogP contribution >= 0.6 is 0 Å². The lowest BCUT2D eigenvalue weighted by molar-refractivity contribution is -0.199. The fourth-order valence-electron chi connectivity index (χ4n) is 0.717. The minimum atomic E-state index is -2.95. The molecule has 0 aromatic carbocycles. The molecule has 0 aromatic heterocycles. The standard InChI is InChI=1S/C7H10O8/c1-3(4(9)10)15-7(2-8,5(11)12)6(13)14/h3,8H,2H2,1H3,(H,9,10)(H,11,12)(H,13,14). The molecule has 0 fully saturated rings. The Kier molecular flexibility index (Phi) is 4.19. The lowest BCUT2D eigenvalue weighted by Gasteiger charge is -2.24. The van der Waals surface area contributed by atoms with Gasteiger partial charge >= 0.3 is 17.9 Å². The summed E-state index contributed by atoms with van der Waals surface area (Å²) in [5.41, 5.74) is -2.95. The molecule has 0 heterocycles. The van der Waals surface area contributed by atoms with Crippen molar-refractivity contribution in [1.29, 1.82) is 0 Å². The molecular weight excluding hydrogens is 212 g/mol. The van der Waals surface area contributed by atoms with E-state index in [1.165, 1.54) is 0 Å². The van der Waals surface area contributed by atoms with Gasteiger partial charge in [-0.15, -0.1) is 0 Å². The molecule has 0 spiro atoms. The number of hydrogen-bond acceptors (Lipinski definition) is 5. The third kappa shape index (κ3) is 2.64. The summed E-state index contributed by atoms with van der Waals surface area (Å²) in [5, 5.41) is 34.2. The van der Waals surface area contributed by atoms with Crippen LogP contribution in [-0.2, 0) is 19.1 Å². The highest BCUT2D eigenvalue weighted by atomic mass is 16.6. The molecule has 0 saturated heterocycles. The lowest BCUT2D eigenvalue weighted by Crippen LogP contribution is -2.54. The van der Waals surface area contributed by atoms with Gasteiger partial charge in [0.05, 0.1) is 6.61 Å². The van der Waals surface area contributed by atoms with Gasteiger partial charge in [-0.3, -0.25) is 0 Å². The summed E-state index contributed by atoms with van der Waals surface area (Å²) in [5.74, 6) is -5.47. The van der Waals surface area contributed by atoms with Gasteiger partial charge in [0.25, 0.3) is 5.60 Å². The number of aliphatic hydroxyl groups excluding tert-OH is 1. The number of ether oxygens (including phenoxy) is 1. The highest BCUT2D eigenvalue weighted by molar-refractivity contribution is 6.02. The second kappa shape index (κ2) is 4.71. The van der Waals surface area contributed by atoms with Crippen molar-refractivity contribution < 1.29 is 39.5 Å². The predicted molar refractivity (Wildman–Crippen MR) is 43.3 cm³/mol. The third-order valence-electron chi connectivity index (χ3n) is 1.64. The monoisotopic (exact) mass is 222 g/mol. The van der Waals surface area contributed by atoms with Crippen LogP contribution in [0.25, 0.3) is 0 Å². The van der Waals surface area contributed by atoms with Crippen LogP contribution in [0.4, 0.5) is 0 Å². The molecule has 0 bridgehead atoms. The Bertz CT molecular complexity index is 269. The maximum Gasteiger partial charge on any atom is 0.350 e. The van der Waals surface area contributed by atoms with Crippen molar-refractivity contribution >= 4 is 17.9 Å². The van der Waals surface area contributed by atoms with E-state index in [0.717, 1.165) is 6.92 Å². The van der Waals surface area contributed by atoms with E-state index in [4.69, 9.17) is 20.4 Å². The first kappa shape index (κ1) is 13.3. The summed E-state index contributed by atoms with van der Waals surface area (Å²) >= 11 is 0.